The van der Waals surface area contributed by atoms with Gasteiger partial charge in [-0.05, 0) is 84.8 Å². The minimum Gasteiger partial charge on any atom is -0.315 e. The number of halogens is 1. The van der Waals surface area contributed by atoms with Crippen molar-refractivity contribution in [1.82, 2.24) is 14.5 Å². The van der Waals surface area contributed by atoms with E-state index in [1.54, 1.807) is 0 Å². The molecule has 4 bridgehead atoms. The third-order valence-corrected chi connectivity index (χ3v) is 9.01. The predicted molar refractivity (Wildman–Crippen MR) is 117 cm³/mol. The van der Waals surface area contributed by atoms with Crippen molar-refractivity contribution in [3.05, 3.63) is 29.0 Å². The van der Waals surface area contributed by atoms with E-state index in [4.69, 9.17) is 4.98 Å². The lowest BCUT2D eigenvalue weighted by molar-refractivity contribution is -0.0484. The summed E-state index contributed by atoms with van der Waals surface area (Å²) in [4.78, 5) is 7.85. The van der Waals surface area contributed by atoms with Crippen LogP contribution in [0.5, 0.6) is 0 Å². The number of hydrogen-bond acceptors (Lipinski definition) is 2. The van der Waals surface area contributed by atoms with Crippen molar-refractivity contribution in [1.29, 1.82) is 0 Å². The molecule has 0 spiro atoms. The van der Waals surface area contributed by atoms with Crippen LogP contribution in [0.2, 0.25) is 0 Å². The Labute approximate surface area is 177 Å². The van der Waals surface area contributed by atoms with Gasteiger partial charge in [-0.25, -0.2) is 4.98 Å². The number of imidazole rings is 1. The second-order valence-electron chi connectivity index (χ2n) is 10.1. The van der Waals surface area contributed by atoms with Gasteiger partial charge in [0.1, 0.15) is 0 Å². The SMILES string of the molecule is Brc1nc2ccccc2n1[C@H]1C[C@H]2CCC[C@@H](C1)N2[C@H]1C[C@@H]2CCC[C@@H](C2)C1. The molecule has 4 fully saturated rings. The second kappa shape index (κ2) is 7.12. The van der Waals surface area contributed by atoms with E-state index < -0.39 is 0 Å². The largest absolute Gasteiger partial charge is 0.315 e. The fraction of sp³-hybridized carbons (Fsp3) is 0.708. The highest BCUT2D eigenvalue weighted by molar-refractivity contribution is 9.10. The van der Waals surface area contributed by atoms with E-state index in [-0.39, 0.29) is 0 Å². The van der Waals surface area contributed by atoms with Gasteiger partial charge in [0.15, 0.2) is 4.73 Å². The molecular formula is C24H32BrN3. The number of fused-ring (bicyclic) bond motifs is 5. The topological polar surface area (TPSA) is 21.1 Å². The van der Waals surface area contributed by atoms with Gasteiger partial charge in [-0.3, -0.25) is 4.90 Å². The molecule has 0 N–H and O–H groups in total. The summed E-state index contributed by atoms with van der Waals surface area (Å²) in [6.07, 6.45) is 15.9. The zero-order valence-corrected chi connectivity index (χ0v) is 18.4. The zero-order chi connectivity index (χ0) is 18.7. The van der Waals surface area contributed by atoms with Crippen LogP contribution in [0.15, 0.2) is 29.0 Å². The Hall–Kier alpha value is -0.870. The summed E-state index contributed by atoms with van der Waals surface area (Å²) in [5, 5.41) is 0. The van der Waals surface area contributed by atoms with E-state index in [0.29, 0.717) is 6.04 Å². The van der Waals surface area contributed by atoms with Crippen molar-refractivity contribution < 1.29 is 0 Å². The average Bonchev–Trinajstić information content (AvgIpc) is 3.02. The van der Waals surface area contributed by atoms with Crippen LogP contribution in [0.3, 0.4) is 0 Å². The van der Waals surface area contributed by atoms with Gasteiger partial charge < -0.3 is 4.57 Å². The molecule has 150 valence electrons. The number of piperidine rings is 2. The molecule has 2 aliphatic heterocycles. The van der Waals surface area contributed by atoms with Crippen molar-refractivity contribution in [2.75, 3.05) is 0 Å². The lowest BCUT2D eigenvalue weighted by atomic mass is 9.68. The van der Waals surface area contributed by atoms with E-state index >= 15 is 0 Å². The maximum Gasteiger partial charge on any atom is 0.178 e. The first-order chi connectivity index (χ1) is 13.8. The minimum absolute atomic E-state index is 0.594. The van der Waals surface area contributed by atoms with E-state index in [1.807, 2.05) is 0 Å². The molecule has 28 heavy (non-hydrogen) atoms. The molecule has 1 aromatic heterocycles. The van der Waals surface area contributed by atoms with Crippen molar-refractivity contribution in [3.63, 3.8) is 0 Å². The number of hydrogen-bond donors (Lipinski definition) is 0. The summed E-state index contributed by atoms with van der Waals surface area (Å²) in [6, 6.07) is 11.7. The van der Waals surface area contributed by atoms with Gasteiger partial charge >= 0.3 is 0 Å². The van der Waals surface area contributed by atoms with Crippen molar-refractivity contribution in [2.45, 2.75) is 94.8 Å². The van der Waals surface area contributed by atoms with Gasteiger partial charge in [-0.2, -0.15) is 0 Å². The molecule has 6 rings (SSSR count). The molecule has 4 aliphatic rings. The molecule has 0 unspecified atom stereocenters. The summed E-state index contributed by atoms with van der Waals surface area (Å²) >= 11 is 3.79. The number of aromatic nitrogens is 2. The van der Waals surface area contributed by atoms with Crippen molar-refractivity contribution >= 4 is 27.0 Å². The molecule has 2 aliphatic carbocycles. The summed E-state index contributed by atoms with van der Waals surface area (Å²) in [5.41, 5.74) is 2.43. The number of rotatable bonds is 2. The van der Waals surface area contributed by atoms with Gasteiger partial charge in [-0.15, -0.1) is 0 Å². The van der Waals surface area contributed by atoms with Gasteiger partial charge in [0, 0.05) is 24.2 Å². The van der Waals surface area contributed by atoms with E-state index in [9.17, 15) is 0 Å². The Balaban J connectivity index is 1.28. The second-order valence-corrected chi connectivity index (χ2v) is 10.8. The Bertz CT molecular complexity index is 835. The maximum absolute atomic E-state index is 4.80. The summed E-state index contributed by atoms with van der Waals surface area (Å²) in [5.74, 6) is 2.06. The molecule has 0 amide bonds. The Morgan fingerprint density at radius 1 is 0.750 bits per heavy atom. The molecule has 2 saturated carbocycles. The molecule has 2 saturated heterocycles. The van der Waals surface area contributed by atoms with Crippen LogP contribution in [0, 0.1) is 11.8 Å². The van der Waals surface area contributed by atoms with Crippen LogP contribution >= 0.6 is 15.9 Å². The molecular weight excluding hydrogens is 410 g/mol. The Kier molecular flexibility index (Phi) is 4.57. The molecule has 6 atom stereocenters. The van der Waals surface area contributed by atoms with Gasteiger partial charge in [-0.1, -0.05) is 37.8 Å². The van der Waals surface area contributed by atoms with Crippen LogP contribution in [0.4, 0.5) is 0 Å². The van der Waals surface area contributed by atoms with E-state index in [0.717, 1.165) is 40.2 Å². The van der Waals surface area contributed by atoms with Gasteiger partial charge in [0.25, 0.3) is 0 Å². The van der Waals surface area contributed by atoms with E-state index in [1.165, 1.54) is 76.1 Å². The Morgan fingerprint density at radius 3 is 2.18 bits per heavy atom. The first-order valence-electron chi connectivity index (χ1n) is 11.7. The summed E-state index contributed by atoms with van der Waals surface area (Å²) < 4.78 is 3.53. The van der Waals surface area contributed by atoms with Gasteiger partial charge in [0.2, 0.25) is 0 Å². The highest BCUT2D eigenvalue weighted by Crippen LogP contribution is 2.48. The van der Waals surface area contributed by atoms with Crippen LogP contribution in [-0.4, -0.2) is 32.6 Å². The first kappa shape index (κ1) is 17.9. The standard InChI is InChI=1S/C24H32BrN3/c25-24-26-22-9-1-2-10-23(22)28(24)21-14-18-7-4-8-19(15-21)27(18)20-12-16-5-3-6-17(11-16)13-20/h1-2,9-10,16-21H,3-8,11-15H2/t16-,17+,18-,19+,20+,21+. The molecule has 0 radical (unpaired) electrons. The van der Waals surface area contributed by atoms with Crippen LogP contribution < -0.4 is 0 Å². The number of para-hydroxylation sites is 2. The van der Waals surface area contributed by atoms with Crippen molar-refractivity contribution in [2.24, 2.45) is 11.8 Å². The predicted octanol–water partition coefficient (Wildman–Crippen LogP) is 6.33. The quantitative estimate of drug-likeness (QED) is 0.542. The van der Waals surface area contributed by atoms with E-state index in [2.05, 4.69) is 49.7 Å². The van der Waals surface area contributed by atoms with Gasteiger partial charge in [0.05, 0.1) is 11.0 Å². The molecule has 2 aromatic rings. The van der Waals surface area contributed by atoms with Crippen LogP contribution in [0.25, 0.3) is 11.0 Å². The normalized spacial score (nSPS) is 38.6. The lowest BCUT2D eigenvalue weighted by Crippen LogP contribution is -2.58. The maximum atomic E-state index is 4.80. The van der Waals surface area contributed by atoms with Crippen LogP contribution in [0.1, 0.15) is 76.7 Å². The number of nitrogens with zero attached hydrogens (tertiary/aromatic N) is 3. The smallest absolute Gasteiger partial charge is 0.178 e. The number of benzene rings is 1. The highest BCUT2D eigenvalue weighted by Gasteiger charge is 2.45. The monoisotopic (exact) mass is 441 g/mol. The third-order valence-electron chi connectivity index (χ3n) is 8.45. The molecule has 4 heteroatoms. The van der Waals surface area contributed by atoms with Crippen LogP contribution in [-0.2, 0) is 0 Å². The molecule has 3 heterocycles. The zero-order valence-electron chi connectivity index (χ0n) is 16.8. The lowest BCUT2D eigenvalue weighted by Gasteiger charge is -2.55. The molecule has 1 aromatic carbocycles. The fourth-order valence-electron chi connectivity index (χ4n) is 7.50. The summed E-state index contributed by atoms with van der Waals surface area (Å²) in [6.45, 7) is 0. The molecule has 3 nitrogen and oxygen atoms in total. The first-order valence-corrected chi connectivity index (χ1v) is 12.5. The average molecular weight is 442 g/mol. The highest BCUT2D eigenvalue weighted by atomic mass is 79.9. The van der Waals surface area contributed by atoms with Crippen molar-refractivity contribution in [3.8, 4) is 0 Å². The fourth-order valence-corrected chi connectivity index (χ4v) is 8.17. The Morgan fingerprint density at radius 2 is 1.43 bits per heavy atom. The minimum atomic E-state index is 0.594. The summed E-state index contributed by atoms with van der Waals surface area (Å²) in [7, 11) is 0. The third kappa shape index (κ3) is 2.98.